The lowest BCUT2D eigenvalue weighted by Gasteiger charge is -2.33. The van der Waals surface area contributed by atoms with E-state index in [1.165, 1.54) is 33.4 Å². The van der Waals surface area contributed by atoms with Crippen molar-refractivity contribution in [2.24, 2.45) is 0 Å². The van der Waals surface area contributed by atoms with Gasteiger partial charge in [-0.2, -0.15) is 9.97 Å². The SMILES string of the molecule is c1ccc(-c2nc(-c3ccccc3)nc(-n3c4ccccc4c4ccc5c(c43)-c3ccccc3C5(c3ccccc3)c3ccccc3)n2)cc1. The summed E-state index contributed by atoms with van der Waals surface area (Å²) in [6.07, 6.45) is 0. The van der Waals surface area contributed by atoms with Crippen molar-refractivity contribution < 1.29 is 0 Å². The highest BCUT2D eigenvalue weighted by atomic mass is 15.2. The molecule has 1 aliphatic carbocycles. The maximum Gasteiger partial charge on any atom is 0.238 e. The number of fused-ring (bicyclic) bond motifs is 7. The van der Waals surface area contributed by atoms with Crippen molar-refractivity contribution in [1.29, 1.82) is 0 Å². The summed E-state index contributed by atoms with van der Waals surface area (Å²) in [4.78, 5) is 15.5. The highest BCUT2D eigenvalue weighted by Gasteiger charge is 2.47. The van der Waals surface area contributed by atoms with Gasteiger partial charge in [-0.05, 0) is 33.9 Å². The third-order valence-electron chi connectivity index (χ3n) is 10.1. The largest absolute Gasteiger partial charge is 0.277 e. The van der Waals surface area contributed by atoms with Gasteiger partial charge >= 0.3 is 0 Å². The third-order valence-corrected chi connectivity index (χ3v) is 10.1. The van der Waals surface area contributed by atoms with E-state index in [4.69, 9.17) is 15.0 Å². The topological polar surface area (TPSA) is 43.6 Å². The second-order valence-electron chi connectivity index (χ2n) is 12.8. The van der Waals surface area contributed by atoms with Crippen LogP contribution in [-0.4, -0.2) is 19.5 Å². The first-order chi connectivity index (χ1) is 24.8. The van der Waals surface area contributed by atoms with Crippen molar-refractivity contribution in [1.82, 2.24) is 19.5 Å². The van der Waals surface area contributed by atoms with Crippen molar-refractivity contribution in [2.45, 2.75) is 5.41 Å². The molecule has 0 N–H and O–H groups in total. The van der Waals surface area contributed by atoms with E-state index in [2.05, 4.69) is 150 Å². The minimum Gasteiger partial charge on any atom is -0.277 e. The minimum atomic E-state index is -0.520. The predicted molar refractivity (Wildman–Crippen MR) is 202 cm³/mol. The molecule has 234 valence electrons. The first kappa shape index (κ1) is 28.4. The molecule has 0 fully saturated rings. The number of hydrogen-bond donors (Lipinski definition) is 0. The van der Waals surface area contributed by atoms with Crippen LogP contribution in [-0.2, 0) is 5.41 Å². The Kier molecular flexibility index (Phi) is 6.36. The van der Waals surface area contributed by atoms with Gasteiger partial charge in [0.2, 0.25) is 5.95 Å². The molecule has 0 amide bonds. The molecule has 2 heterocycles. The number of hydrogen-bond acceptors (Lipinski definition) is 3. The molecule has 9 aromatic rings. The number of nitrogens with zero attached hydrogens (tertiary/aromatic N) is 4. The molecule has 0 unspecified atom stereocenters. The van der Waals surface area contributed by atoms with Crippen molar-refractivity contribution >= 4 is 21.8 Å². The highest BCUT2D eigenvalue weighted by Crippen LogP contribution is 2.58. The van der Waals surface area contributed by atoms with Gasteiger partial charge in [0.25, 0.3) is 0 Å². The van der Waals surface area contributed by atoms with Gasteiger partial charge < -0.3 is 0 Å². The predicted octanol–water partition coefficient (Wildman–Crippen LogP) is 10.7. The van der Waals surface area contributed by atoms with Crippen LogP contribution >= 0.6 is 0 Å². The molecule has 0 radical (unpaired) electrons. The summed E-state index contributed by atoms with van der Waals surface area (Å²) in [5, 5.41) is 2.32. The van der Waals surface area contributed by atoms with Gasteiger partial charge in [0.15, 0.2) is 11.6 Å². The molecule has 0 atom stereocenters. The lowest BCUT2D eigenvalue weighted by atomic mass is 9.67. The van der Waals surface area contributed by atoms with Crippen LogP contribution in [0.25, 0.3) is 61.7 Å². The van der Waals surface area contributed by atoms with E-state index in [0.29, 0.717) is 17.6 Å². The molecule has 4 heteroatoms. The van der Waals surface area contributed by atoms with Crippen LogP contribution in [0.5, 0.6) is 0 Å². The second kappa shape index (κ2) is 11.2. The summed E-state index contributed by atoms with van der Waals surface area (Å²) in [6, 6.07) is 64.4. The Morgan fingerprint density at radius 2 is 0.920 bits per heavy atom. The molecule has 0 bridgehead atoms. The molecule has 4 nitrogen and oxygen atoms in total. The number of para-hydroxylation sites is 1. The Morgan fingerprint density at radius 1 is 0.400 bits per heavy atom. The summed E-state index contributed by atoms with van der Waals surface area (Å²) in [6.45, 7) is 0. The Labute approximate surface area is 290 Å². The van der Waals surface area contributed by atoms with Gasteiger partial charge in [-0.25, -0.2) is 4.98 Å². The summed E-state index contributed by atoms with van der Waals surface area (Å²) in [5.41, 5.74) is 10.9. The van der Waals surface area contributed by atoms with E-state index in [0.717, 1.165) is 32.9 Å². The van der Waals surface area contributed by atoms with Gasteiger partial charge in [-0.1, -0.05) is 176 Å². The van der Waals surface area contributed by atoms with Crippen molar-refractivity contribution in [3.8, 4) is 39.9 Å². The molecule has 50 heavy (non-hydrogen) atoms. The van der Waals surface area contributed by atoms with Crippen LogP contribution in [0.3, 0.4) is 0 Å². The number of aromatic nitrogens is 4. The molecule has 0 saturated heterocycles. The molecule has 0 saturated carbocycles. The molecule has 7 aromatic carbocycles. The van der Waals surface area contributed by atoms with E-state index < -0.39 is 5.41 Å². The zero-order valence-corrected chi connectivity index (χ0v) is 27.1. The lowest BCUT2D eigenvalue weighted by Crippen LogP contribution is -2.28. The average molecular weight is 639 g/mol. The minimum absolute atomic E-state index is 0.520. The average Bonchev–Trinajstić information content (AvgIpc) is 3.70. The fourth-order valence-corrected chi connectivity index (χ4v) is 8.09. The summed E-state index contributed by atoms with van der Waals surface area (Å²) in [7, 11) is 0. The van der Waals surface area contributed by atoms with Crippen LogP contribution in [0.2, 0.25) is 0 Å². The maximum absolute atomic E-state index is 5.25. The molecular weight excluding hydrogens is 609 g/mol. The maximum atomic E-state index is 5.25. The van der Waals surface area contributed by atoms with Crippen LogP contribution in [0, 0.1) is 0 Å². The summed E-state index contributed by atoms with van der Waals surface area (Å²) < 4.78 is 2.27. The first-order valence-electron chi connectivity index (χ1n) is 17.0. The Hall–Kier alpha value is -6.65. The first-order valence-corrected chi connectivity index (χ1v) is 17.0. The Bertz CT molecular complexity index is 2590. The standard InChI is InChI=1S/C46H30N4/c1-5-17-31(18-6-1)43-47-44(32-19-7-2-8-20-32)49-45(48-43)50-40-28-16-14-25-35(40)36-29-30-39-41(42(36)50)37-26-13-15-27-38(37)46(39,33-21-9-3-10-22-33)34-23-11-4-12-24-34/h1-30H. The normalized spacial score (nSPS) is 13.0. The van der Waals surface area contributed by atoms with E-state index >= 15 is 0 Å². The van der Waals surface area contributed by atoms with Crippen LogP contribution in [0.4, 0.5) is 0 Å². The lowest BCUT2D eigenvalue weighted by molar-refractivity contribution is 0.769. The second-order valence-corrected chi connectivity index (χ2v) is 12.8. The van der Waals surface area contributed by atoms with Gasteiger partial charge in [-0.15, -0.1) is 0 Å². The molecule has 10 rings (SSSR count). The van der Waals surface area contributed by atoms with E-state index in [1.54, 1.807) is 0 Å². The van der Waals surface area contributed by atoms with Crippen molar-refractivity contribution in [2.75, 3.05) is 0 Å². The highest BCUT2D eigenvalue weighted by molar-refractivity contribution is 6.16. The fourth-order valence-electron chi connectivity index (χ4n) is 8.09. The van der Waals surface area contributed by atoms with Crippen LogP contribution < -0.4 is 0 Å². The summed E-state index contributed by atoms with van der Waals surface area (Å²) in [5.74, 6) is 1.86. The molecule has 0 aliphatic heterocycles. The molecule has 2 aromatic heterocycles. The van der Waals surface area contributed by atoms with Gasteiger partial charge in [-0.3, -0.25) is 4.57 Å². The third kappa shape index (κ3) is 4.09. The van der Waals surface area contributed by atoms with E-state index in [9.17, 15) is 0 Å². The number of benzene rings is 7. The quantitative estimate of drug-likeness (QED) is 0.188. The van der Waals surface area contributed by atoms with Crippen LogP contribution in [0.1, 0.15) is 22.3 Å². The number of rotatable bonds is 5. The molecular formula is C46H30N4. The van der Waals surface area contributed by atoms with Crippen LogP contribution in [0.15, 0.2) is 182 Å². The monoisotopic (exact) mass is 638 g/mol. The Balaban J connectivity index is 1.37. The zero-order valence-electron chi connectivity index (χ0n) is 27.1. The van der Waals surface area contributed by atoms with Gasteiger partial charge in [0, 0.05) is 27.5 Å². The van der Waals surface area contributed by atoms with Gasteiger partial charge in [0.05, 0.1) is 16.4 Å². The molecule has 0 spiro atoms. The Morgan fingerprint density at radius 3 is 1.54 bits per heavy atom. The van der Waals surface area contributed by atoms with Crippen molar-refractivity contribution in [3.63, 3.8) is 0 Å². The summed E-state index contributed by atoms with van der Waals surface area (Å²) >= 11 is 0. The van der Waals surface area contributed by atoms with Crippen molar-refractivity contribution in [3.05, 3.63) is 204 Å². The fraction of sp³-hybridized carbons (Fsp3) is 0.0217. The van der Waals surface area contributed by atoms with Gasteiger partial charge in [0.1, 0.15) is 0 Å². The molecule has 1 aliphatic rings. The van der Waals surface area contributed by atoms with E-state index in [1.807, 2.05) is 36.4 Å². The smallest absolute Gasteiger partial charge is 0.238 e. The zero-order chi connectivity index (χ0) is 33.1. The van der Waals surface area contributed by atoms with E-state index in [-0.39, 0.29) is 0 Å².